The number of carbonyl (C=O) groups excluding carboxylic acids is 3. The molecule has 3 aliphatic heterocycles. The van der Waals surface area contributed by atoms with Gasteiger partial charge in [-0.05, 0) is 108 Å². The largest absolute Gasteiger partial charge is 0.494 e. The van der Waals surface area contributed by atoms with E-state index in [1.54, 1.807) is 13.0 Å². The van der Waals surface area contributed by atoms with Crippen molar-refractivity contribution in [1.82, 2.24) is 10.7 Å². The molecule has 15 heteroatoms. The molecule has 3 fully saturated rings. The van der Waals surface area contributed by atoms with Gasteiger partial charge in [0, 0.05) is 26.3 Å². The topological polar surface area (TPSA) is 221 Å². The maximum Gasteiger partial charge on any atom is 0.303 e. The second-order valence-corrected chi connectivity index (χ2v) is 15.3. The zero-order valence-corrected chi connectivity index (χ0v) is 35.0. The highest BCUT2D eigenvalue weighted by molar-refractivity contribution is 5.99. The molecule has 1 aromatic rings. The number of nitrogens with two attached hydrogens (primary N) is 1. The Morgan fingerprint density at radius 3 is 2.38 bits per heavy atom. The van der Waals surface area contributed by atoms with Gasteiger partial charge in [0.25, 0.3) is 5.97 Å². The molecule has 1 aromatic carbocycles. The number of hydrogen-bond donors (Lipinski definition) is 5. The quantitative estimate of drug-likeness (QED) is 0.0263. The number of aliphatic hydroxyl groups excluding tert-OH is 1. The molecular weight excluding hydrogens is 748 g/mol. The number of nitrogens with zero attached hydrogens (tertiary/aromatic N) is 1. The van der Waals surface area contributed by atoms with Crippen LogP contribution < -0.4 is 21.2 Å². The van der Waals surface area contributed by atoms with Gasteiger partial charge in [-0.25, -0.2) is 5.43 Å². The summed E-state index contributed by atoms with van der Waals surface area (Å²) in [5, 5.41) is 25.8. The van der Waals surface area contributed by atoms with Crippen LogP contribution in [0.3, 0.4) is 0 Å². The van der Waals surface area contributed by atoms with Crippen LogP contribution >= 0.6 is 0 Å². The van der Waals surface area contributed by atoms with Gasteiger partial charge in [-0.15, -0.1) is 0 Å². The van der Waals surface area contributed by atoms with Crippen LogP contribution in [0.25, 0.3) is 0 Å². The van der Waals surface area contributed by atoms with Crippen LogP contribution in [0.2, 0.25) is 0 Å². The predicted octanol–water partition coefficient (Wildman–Crippen LogP) is 4.50. The molecule has 4 rings (SSSR count). The first kappa shape index (κ1) is 48.0. The third-order valence-corrected chi connectivity index (χ3v) is 10.1. The molecule has 3 heterocycles. The fraction of sp³-hybridized carbons (Fsp3) is 0.605. The van der Waals surface area contributed by atoms with Crippen LogP contribution in [0.1, 0.15) is 99.0 Å². The number of carbonyl (C=O) groups is 4. The number of carboxylic acids is 1. The number of aliphatic hydroxyl groups is 1. The van der Waals surface area contributed by atoms with E-state index in [0.29, 0.717) is 38.3 Å². The average molecular weight is 813 g/mol. The number of amides is 2. The normalized spacial score (nSPS) is 27.7. The number of aliphatic carboxylic acids is 1. The summed E-state index contributed by atoms with van der Waals surface area (Å²) in [5.74, 6) is -0.801. The number of hydrogen-bond acceptors (Lipinski definition) is 12. The average Bonchev–Trinajstić information content (AvgIpc) is 3.94. The van der Waals surface area contributed by atoms with E-state index in [0.717, 1.165) is 49.5 Å². The number of unbranched alkanes of at least 4 members (excludes halogenated alkanes) is 2. The van der Waals surface area contributed by atoms with Crippen molar-refractivity contribution in [2.45, 2.75) is 142 Å². The number of carboxylic acid groups (broad SMARTS) is 1. The number of benzene rings is 1. The lowest BCUT2D eigenvalue weighted by Crippen LogP contribution is -2.50. The van der Waals surface area contributed by atoms with Gasteiger partial charge < -0.3 is 44.9 Å². The molecule has 3 saturated heterocycles. The van der Waals surface area contributed by atoms with Crippen molar-refractivity contribution in [3.63, 3.8) is 0 Å². The first-order chi connectivity index (χ1) is 27.5. The summed E-state index contributed by atoms with van der Waals surface area (Å²) in [5.41, 5.74) is 9.98. The van der Waals surface area contributed by atoms with Gasteiger partial charge in [0.15, 0.2) is 0 Å². The van der Waals surface area contributed by atoms with Gasteiger partial charge in [-0.2, -0.15) is 5.10 Å². The second-order valence-electron chi connectivity index (χ2n) is 15.3. The summed E-state index contributed by atoms with van der Waals surface area (Å²) >= 11 is 0. The Hall–Kier alpha value is -4.41. The predicted molar refractivity (Wildman–Crippen MR) is 219 cm³/mol. The molecule has 3 aliphatic rings. The number of hydrazone groups is 1. The molecule has 6 N–H and O–H groups in total. The van der Waals surface area contributed by atoms with Crippen LogP contribution in [0, 0.1) is 5.92 Å². The first-order valence-corrected chi connectivity index (χ1v) is 20.1. The molecule has 58 heavy (non-hydrogen) atoms. The van der Waals surface area contributed by atoms with Gasteiger partial charge in [0.1, 0.15) is 29.7 Å². The van der Waals surface area contributed by atoms with E-state index in [9.17, 15) is 19.5 Å². The van der Waals surface area contributed by atoms with Crippen LogP contribution in [0.4, 0.5) is 0 Å². The second kappa shape index (κ2) is 23.9. The monoisotopic (exact) mass is 812 g/mol. The Bertz CT molecular complexity index is 1620. The maximum atomic E-state index is 12.9. The summed E-state index contributed by atoms with van der Waals surface area (Å²) in [6.45, 7) is 13.7. The van der Waals surface area contributed by atoms with E-state index in [2.05, 4.69) is 28.8 Å². The van der Waals surface area contributed by atoms with Crippen LogP contribution in [-0.4, -0.2) is 108 Å². The maximum absolute atomic E-state index is 12.9. The third-order valence-electron chi connectivity index (χ3n) is 10.1. The van der Waals surface area contributed by atoms with E-state index < -0.39 is 42.0 Å². The third kappa shape index (κ3) is 16.8. The Morgan fingerprint density at radius 2 is 1.74 bits per heavy atom. The number of allylic oxidation sites excluding steroid dienone is 2. The number of nitrogens with one attached hydrogen (secondary N) is 2. The zero-order valence-electron chi connectivity index (χ0n) is 35.0. The fourth-order valence-corrected chi connectivity index (χ4v) is 6.76. The Labute approximate surface area is 342 Å². The van der Waals surface area contributed by atoms with E-state index in [-0.39, 0.29) is 42.4 Å². The smallest absolute Gasteiger partial charge is 0.303 e. The van der Waals surface area contributed by atoms with Gasteiger partial charge >= 0.3 is 5.97 Å². The van der Waals surface area contributed by atoms with Crippen LogP contribution in [0.5, 0.6) is 5.75 Å². The molecule has 0 bridgehead atoms. The van der Waals surface area contributed by atoms with Crippen molar-refractivity contribution in [2.75, 3.05) is 19.8 Å². The summed E-state index contributed by atoms with van der Waals surface area (Å²) < 4.78 is 29.0. The summed E-state index contributed by atoms with van der Waals surface area (Å²) in [6.07, 6.45) is 11.1. The number of ether oxygens (including phenoxy) is 5. The van der Waals surface area contributed by atoms with Gasteiger partial charge in [-0.1, -0.05) is 30.7 Å². The summed E-state index contributed by atoms with van der Waals surface area (Å²) in [4.78, 5) is 45.5. The molecule has 9 atom stereocenters. The van der Waals surface area contributed by atoms with Crippen molar-refractivity contribution >= 4 is 29.5 Å². The minimum absolute atomic E-state index is 0.0279. The molecule has 0 radical (unpaired) electrons. The van der Waals surface area contributed by atoms with Gasteiger partial charge in [-0.3, -0.25) is 19.2 Å². The van der Waals surface area contributed by atoms with Gasteiger partial charge in [0.05, 0.1) is 49.7 Å². The lowest BCUT2D eigenvalue weighted by Gasteiger charge is -2.39. The highest BCUT2D eigenvalue weighted by atomic mass is 16.6. The molecule has 0 saturated carbocycles. The van der Waals surface area contributed by atoms with E-state index in [1.807, 2.05) is 57.2 Å². The minimum Gasteiger partial charge on any atom is -0.494 e. The van der Waals surface area contributed by atoms with Crippen molar-refractivity contribution < 1.29 is 53.1 Å². The highest BCUT2D eigenvalue weighted by Gasteiger charge is 2.58. The lowest BCUT2D eigenvalue weighted by molar-refractivity contribution is -0.145. The highest BCUT2D eigenvalue weighted by Crippen LogP contribution is 2.43. The summed E-state index contributed by atoms with van der Waals surface area (Å²) in [6, 6.07) is 7.46. The molecule has 0 aromatic heterocycles. The van der Waals surface area contributed by atoms with E-state index in [1.165, 1.54) is 13.0 Å². The Balaban J connectivity index is 0.00000215. The Morgan fingerprint density at radius 1 is 1.05 bits per heavy atom. The van der Waals surface area contributed by atoms with Crippen molar-refractivity contribution in [3.8, 4) is 5.75 Å². The van der Waals surface area contributed by atoms with Crippen molar-refractivity contribution in [1.29, 1.82) is 0 Å². The SMILES string of the molecule is CC(=O)O.CC(=O)O[C@@H](C)/C=C\C(=O)N[C@@H]1C[C@H](C)[C@H](C/C=C(C)/C=C/[C@H]2O[C@H](CC(=O)N/N=C(/C)c3ccc(OCCCCCN)cc3)C[C@@]3(CO3)[C@@H]2O)O[C@@H]1C. The van der Waals surface area contributed by atoms with Crippen LogP contribution in [-0.2, 0) is 38.1 Å². The van der Waals surface area contributed by atoms with Crippen molar-refractivity contribution in [2.24, 2.45) is 16.8 Å². The van der Waals surface area contributed by atoms with Crippen LogP contribution in [0.15, 0.2) is 65.3 Å². The van der Waals surface area contributed by atoms with Crippen molar-refractivity contribution in [3.05, 3.63) is 65.8 Å². The fourth-order valence-electron chi connectivity index (χ4n) is 6.76. The minimum atomic E-state index is -0.853. The molecular formula is C43H64N4O11. The lowest BCUT2D eigenvalue weighted by atomic mass is 9.87. The number of epoxide rings is 1. The molecule has 1 spiro atoms. The Kier molecular flexibility index (Phi) is 19.7. The molecule has 0 aliphatic carbocycles. The number of rotatable bonds is 18. The summed E-state index contributed by atoms with van der Waals surface area (Å²) in [7, 11) is 0. The van der Waals surface area contributed by atoms with E-state index in [4.69, 9.17) is 39.3 Å². The standard InChI is InChI=1S/C41H60N4O9.C2H4O2/c1-26(10-17-36-27(2)22-35(30(5)53-36)43-38(47)19-12-28(3)52-31(6)46)11-18-37-40(49)41(25-51-41)24-34(54-37)23-39(48)45-44-29(4)32-13-15-33(16-14-32)50-21-9-7-8-20-42;1-2(3)4/h10-16,18-19,27-28,30,34-37,40,49H,7-9,17,20-25,42H2,1-6H3,(H,43,47)(H,45,48);1H3,(H,3,4)/b18-11+,19-12-,26-10+,44-29-;/t27-,28-,30+,34+,35+,36-,37+,40+,41+;/m0./s1. The molecule has 322 valence electrons. The molecule has 2 amide bonds. The zero-order chi connectivity index (χ0) is 42.8. The van der Waals surface area contributed by atoms with Gasteiger partial charge in [0.2, 0.25) is 11.8 Å². The first-order valence-electron chi connectivity index (χ1n) is 20.1. The molecule has 15 nitrogen and oxygen atoms in total. The molecule has 0 unspecified atom stereocenters. The number of esters is 1. The van der Waals surface area contributed by atoms with E-state index >= 15 is 0 Å².